The van der Waals surface area contributed by atoms with Crippen LogP contribution in [0.3, 0.4) is 0 Å². The largest absolute Gasteiger partial charge is 0.444 e. The van der Waals surface area contributed by atoms with Crippen LogP contribution < -0.4 is 5.32 Å². The maximum atomic E-state index is 12.0. The smallest absolute Gasteiger partial charge is 0.412 e. The van der Waals surface area contributed by atoms with Crippen LogP contribution >= 0.6 is 0 Å². The van der Waals surface area contributed by atoms with E-state index in [-0.39, 0.29) is 0 Å². The lowest BCUT2D eigenvalue weighted by atomic mass is 10.0. The zero-order valence-corrected chi connectivity index (χ0v) is 14.5. The Kier molecular flexibility index (Phi) is 4.60. The van der Waals surface area contributed by atoms with Crippen molar-refractivity contribution in [3.63, 3.8) is 0 Å². The van der Waals surface area contributed by atoms with Gasteiger partial charge in [-0.25, -0.2) is 4.79 Å². The van der Waals surface area contributed by atoms with Crippen LogP contribution in [0.5, 0.6) is 0 Å². The first kappa shape index (κ1) is 16.6. The molecule has 0 atom stereocenters. The fourth-order valence-corrected chi connectivity index (χ4v) is 3.05. The number of hydrogen-bond donors (Lipinski definition) is 1. The average molecular weight is 328 g/mol. The quantitative estimate of drug-likeness (QED) is 0.825. The number of para-hydroxylation sites is 1. The number of rotatable bonds is 3. The Hall–Kier alpha value is -2.30. The number of aromatic nitrogens is 1. The molecule has 1 aromatic carbocycles. The number of benzene rings is 1. The van der Waals surface area contributed by atoms with Crippen molar-refractivity contribution in [1.82, 2.24) is 5.16 Å². The van der Waals surface area contributed by atoms with Gasteiger partial charge in [0.15, 0.2) is 5.76 Å². The number of amides is 1. The van der Waals surface area contributed by atoms with Gasteiger partial charge in [-0.1, -0.05) is 30.1 Å². The van der Waals surface area contributed by atoms with Gasteiger partial charge in [0.05, 0.1) is 11.4 Å². The van der Waals surface area contributed by atoms with Gasteiger partial charge in [-0.15, -0.1) is 0 Å². The first-order valence-corrected chi connectivity index (χ1v) is 8.48. The first-order chi connectivity index (χ1) is 11.4. The molecule has 128 valence electrons. The van der Waals surface area contributed by atoms with Crippen LogP contribution in [0, 0.1) is 0 Å². The van der Waals surface area contributed by atoms with Gasteiger partial charge in [-0.05, 0) is 45.7 Å². The summed E-state index contributed by atoms with van der Waals surface area (Å²) in [5.74, 6) is 1.16. The minimum Gasteiger partial charge on any atom is -0.444 e. The number of carbonyl (C=O) groups is 1. The Labute approximate surface area is 142 Å². The van der Waals surface area contributed by atoms with E-state index in [0.29, 0.717) is 17.4 Å². The van der Waals surface area contributed by atoms with Gasteiger partial charge in [0, 0.05) is 17.5 Å². The summed E-state index contributed by atoms with van der Waals surface area (Å²) >= 11 is 0. The molecule has 0 unspecified atom stereocenters. The Morgan fingerprint density at radius 3 is 2.67 bits per heavy atom. The number of nitrogens with zero attached hydrogens (tertiary/aromatic N) is 1. The summed E-state index contributed by atoms with van der Waals surface area (Å²) in [5, 5.41) is 7.03. The van der Waals surface area contributed by atoms with Crippen LogP contribution in [0.2, 0.25) is 0 Å². The van der Waals surface area contributed by atoms with E-state index in [4.69, 9.17) is 9.26 Å². The summed E-state index contributed by atoms with van der Waals surface area (Å²) < 4.78 is 10.9. The lowest BCUT2D eigenvalue weighted by molar-refractivity contribution is 0.0636. The number of nitrogens with one attached hydrogen (secondary N) is 1. The van der Waals surface area contributed by atoms with E-state index in [0.717, 1.165) is 11.3 Å². The third-order valence-electron chi connectivity index (χ3n) is 4.13. The normalized spacial score (nSPS) is 15.5. The molecule has 0 aliphatic heterocycles. The van der Waals surface area contributed by atoms with E-state index in [1.54, 1.807) is 0 Å². The fourth-order valence-electron chi connectivity index (χ4n) is 3.05. The van der Waals surface area contributed by atoms with Crippen molar-refractivity contribution in [1.29, 1.82) is 0 Å². The first-order valence-electron chi connectivity index (χ1n) is 8.48. The molecule has 1 heterocycles. The molecule has 5 nitrogen and oxygen atoms in total. The lowest BCUT2D eigenvalue weighted by Crippen LogP contribution is -2.27. The van der Waals surface area contributed by atoms with Crippen LogP contribution in [0.25, 0.3) is 11.3 Å². The lowest BCUT2D eigenvalue weighted by Gasteiger charge is -2.20. The molecule has 1 aliphatic rings. The molecule has 2 aromatic rings. The zero-order valence-electron chi connectivity index (χ0n) is 14.5. The number of hydrogen-bond acceptors (Lipinski definition) is 4. The van der Waals surface area contributed by atoms with Gasteiger partial charge in [-0.3, -0.25) is 5.32 Å². The maximum Gasteiger partial charge on any atom is 0.412 e. The average Bonchev–Trinajstić information content (AvgIpc) is 3.17. The molecule has 1 aliphatic carbocycles. The van der Waals surface area contributed by atoms with Crippen molar-refractivity contribution in [2.45, 2.75) is 58.0 Å². The molecule has 5 heteroatoms. The van der Waals surface area contributed by atoms with Crippen LogP contribution in [-0.4, -0.2) is 16.9 Å². The molecule has 0 radical (unpaired) electrons. The second kappa shape index (κ2) is 6.67. The molecule has 0 saturated heterocycles. The van der Waals surface area contributed by atoms with Crippen LogP contribution in [0.15, 0.2) is 34.9 Å². The van der Waals surface area contributed by atoms with Crippen molar-refractivity contribution in [3.05, 3.63) is 36.0 Å². The van der Waals surface area contributed by atoms with E-state index in [1.165, 1.54) is 25.7 Å². The number of anilines is 1. The molecular formula is C19H24N2O3. The summed E-state index contributed by atoms with van der Waals surface area (Å²) in [6.07, 6.45) is 4.37. The Morgan fingerprint density at radius 2 is 1.96 bits per heavy atom. The molecule has 0 spiro atoms. The summed E-state index contributed by atoms with van der Waals surface area (Å²) in [5.41, 5.74) is 1.93. The molecule has 1 fully saturated rings. The minimum atomic E-state index is -0.541. The zero-order chi connectivity index (χ0) is 17.2. The van der Waals surface area contributed by atoms with Crippen LogP contribution in [0.4, 0.5) is 10.5 Å². The van der Waals surface area contributed by atoms with Crippen molar-refractivity contribution < 1.29 is 14.1 Å². The standard InChI is InChI=1S/C19H24N2O3/c1-19(2,3)23-18(22)20-15-11-7-6-10-14(15)17-12-16(21-24-17)13-8-4-5-9-13/h6-7,10-13H,4-5,8-9H2,1-3H3,(H,20,22). The minimum absolute atomic E-state index is 0.481. The predicted octanol–water partition coefficient (Wildman–Crippen LogP) is 5.35. The summed E-state index contributed by atoms with van der Waals surface area (Å²) in [7, 11) is 0. The van der Waals surface area contributed by atoms with E-state index >= 15 is 0 Å². The molecule has 3 rings (SSSR count). The Morgan fingerprint density at radius 1 is 1.25 bits per heavy atom. The van der Waals surface area contributed by atoms with Gasteiger partial charge in [0.25, 0.3) is 0 Å². The van der Waals surface area contributed by atoms with E-state index in [9.17, 15) is 4.79 Å². The van der Waals surface area contributed by atoms with E-state index < -0.39 is 11.7 Å². The third kappa shape index (κ3) is 3.96. The second-order valence-electron chi connectivity index (χ2n) is 7.27. The van der Waals surface area contributed by atoms with Crippen molar-refractivity contribution >= 4 is 11.8 Å². The highest BCUT2D eigenvalue weighted by Gasteiger charge is 2.22. The second-order valence-corrected chi connectivity index (χ2v) is 7.27. The van der Waals surface area contributed by atoms with Crippen LogP contribution in [-0.2, 0) is 4.74 Å². The molecule has 1 aromatic heterocycles. The summed E-state index contributed by atoms with van der Waals surface area (Å²) in [6.45, 7) is 5.51. The van der Waals surface area contributed by atoms with Crippen molar-refractivity contribution in [2.75, 3.05) is 5.32 Å². The van der Waals surface area contributed by atoms with Crippen molar-refractivity contribution in [3.8, 4) is 11.3 Å². The van der Waals surface area contributed by atoms with Gasteiger partial charge in [-0.2, -0.15) is 0 Å². The summed E-state index contributed by atoms with van der Waals surface area (Å²) in [6, 6.07) is 9.51. The molecule has 0 bridgehead atoms. The summed E-state index contributed by atoms with van der Waals surface area (Å²) in [4.78, 5) is 12.0. The van der Waals surface area contributed by atoms with E-state index in [1.807, 2.05) is 51.1 Å². The van der Waals surface area contributed by atoms with Crippen molar-refractivity contribution in [2.24, 2.45) is 0 Å². The number of ether oxygens (including phenoxy) is 1. The SMILES string of the molecule is CC(C)(C)OC(=O)Nc1ccccc1-c1cc(C2CCCC2)no1. The molecular weight excluding hydrogens is 304 g/mol. The van der Waals surface area contributed by atoms with Crippen LogP contribution in [0.1, 0.15) is 58.1 Å². The molecule has 1 amide bonds. The molecule has 1 N–H and O–H groups in total. The number of carbonyl (C=O) groups excluding carboxylic acids is 1. The topological polar surface area (TPSA) is 64.4 Å². The predicted molar refractivity (Wildman–Crippen MR) is 93.0 cm³/mol. The molecule has 24 heavy (non-hydrogen) atoms. The maximum absolute atomic E-state index is 12.0. The highest BCUT2D eigenvalue weighted by Crippen LogP contribution is 2.36. The highest BCUT2D eigenvalue weighted by molar-refractivity contribution is 5.90. The van der Waals surface area contributed by atoms with E-state index in [2.05, 4.69) is 10.5 Å². The van der Waals surface area contributed by atoms with Gasteiger partial charge in [0.1, 0.15) is 5.60 Å². The van der Waals surface area contributed by atoms with Gasteiger partial charge >= 0.3 is 6.09 Å². The molecule has 1 saturated carbocycles. The Balaban J connectivity index is 1.80. The monoisotopic (exact) mass is 328 g/mol. The Bertz CT molecular complexity index is 709. The highest BCUT2D eigenvalue weighted by atomic mass is 16.6. The van der Waals surface area contributed by atoms with Gasteiger partial charge in [0.2, 0.25) is 0 Å². The fraction of sp³-hybridized carbons (Fsp3) is 0.474. The third-order valence-corrected chi connectivity index (χ3v) is 4.13. The van der Waals surface area contributed by atoms with Gasteiger partial charge < -0.3 is 9.26 Å².